The van der Waals surface area contributed by atoms with E-state index in [9.17, 15) is 4.39 Å². The fourth-order valence-electron chi connectivity index (χ4n) is 2.52. The predicted molar refractivity (Wildman–Crippen MR) is 73.3 cm³/mol. The Morgan fingerprint density at radius 2 is 2.19 bits per heavy atom. The number of aromatic nitrogens is 5. The molecule has 1 aliphatic rings. The largest absolute Gasteiger partial charge is 0.377 e. The van der Waals surface area contributed by atoms with E-state index in [0.717, 1.165) is 5.82 Å². The maximum atomic E-state index is 14.5. The van der Waals surface area contributed by atoms with Gasteiger partial charge in [-0.1, -0.05) is 6.92 Å². The first-order chi connectivity index (χ1) is 10.2. The van der Waals surface area contributed by atoms with Crippen LogP contribution in [-0.2, 0) is 18.2 Å². The maximum absolute atomic E-state index is 14.5. The molecule has 3 rings (SSSR count). The first kappa shape index (κ1) is 13.9. The van der Waals surface area contributed by atoms with Crippen LogP contribution in [-0.4, -0.2) is 44.5 Å². The van der Waals surface area contributed by atoms with E-state index in [-0.39, 0.29) is 11.9 Å². The summed E-state index contributed by atoms with van der Waals surface area (Å²) in [5, 5.41) is 4.07. The number of hydrogen-bond donors (Lipinski definition) is 0. The highest BCUT2D eigenvalue weighted by molar-refractivity contribution is 5.43. The second kappa shape index (κ2) is 5.72. The van der Waals surface area contributed by atoms with Gasteiger partial charge in [0.15, 0.2) is 17.5 Å². The second-order valence-electron chi connectivity index (χ2n) is 4.84. The average Bonchev–Trinajstić information content (AvgIpc) is 2.93. The van der Waals surface area contributed by atoms with E-state index in [1.165, 1.54) is 12.7 Å². The van der Waals surface area contributed by atoms with Crippen LogP contribution in [0.5, 0.6) is 0 Å². The van der Waals surface area contributed by atoms with Crippen LogP contribution in [0.2, 0.25) is 0 Å². The zero-order chi connectivity index (χ0) is 14.8. The van der Waals surface area contributed by atoms with Crippen molar-refractivity contribution in [3.05, 3.63) is 30.0 Å². The van der Waals surface area contributed by atoms with Crippen LogP contribution in [0.3, 0.4) is 0 Å². The van der Waals surface area contributed by atoms with Crippen molar-refractivity contribution in [1.29, 1.82) is 0 Å². The van der Waals surface area contributed by atoms with Gasteiger partial charge in [0, 0.05) is 13.6 Å². The summed E-state index contributed by atoms with van der Waals surface area (Å²) >= 11 is 0. The fourth-order valence-corrected chi connectivity index (χ4v) is 2.52. The molecule has 3 heterocycles. The van der Waals surface area contributed by atoms with E-state index in [1.54, 1.807) is 4.68 Å². The summed E-state index contributed by atoms with van der Waals surface area (Å²) in [5.74, 6) is 0.665. The van der Waals surface area contributed by atoms with Crippen molar-refractivity contribution in [3.8, 4) is 0 Å². The van der Waals surface area contributed by atoms with Crippen LogP contribution >= 0.6 is 0 Å². The van der Waals surface area contributed by atoms with Gasteiger partial charge in [-0.05, 0) is 6.42 Å². The van der Waals surface area contributed by atoms with Gasteiger partial charge in [0.25, 0.3) is 0 Å². The lowest BCUT2D eigenvalue weighted by Crippen LogP contribution is -2.42. The van der Waals surface area contributed by atoms with E-state index in [2.05, 4.69) is 20.1 Å². The summed E-state index contributed by atoms with van der Waals surface area (Å²) in [7, 11) is 1.81. The van der Waals surface area contributed by atoms with Crippen LogP contribution in [0, 0.1) is 5.82 Å². The minimum Gasteiger partial charge on any atom is -0.377 e. The first-order valence-corrected chi connectivity index (χ1v) is 6.90. The molecule has 112 valence electrons. The molecule has 0 bridgehead atoms. The van der Waals surface area contributed by atoms with Crippen LogP contribution in [0.4, 0.5) is 10.2 Å². The Hall–Kier alpha value is -2.09. The average molecular weight is 292 g/mol. The summed E-state index contributed by atoms with van der Waals surface area (Å²) in [4.78, 5) is 14.2. The molecule has 0 aromatic carbocycles. The summed E-state index contributed by atoms with van der Waals surface area (Å²) in [5.41, 5.74) is 0.420. The van der Waals surface area contributed by atoms with Gasteiger partial charge >= 0.3 is 0 Å². The fraction of sp³-hybridized carbons (Fsp3) is 0.538. The molecule has 1 atom stereocenters. The van der Waals surface area contributed by atoms with Crippen molar-refractivity contribution in [3.63, 3.8) is 0 Å². The quantitative estimate of drug-likeness (QED) is 0.836. The van der Waals surface area contributed by atoms with E-state index >= 15 is 0 Å². The third-order valence-corrected chi connectivity index (χ3v) is 3.62. The van der Waals surface area contributed by atoms with Gasteiger partial charge in [0.05, 0.1) is 18.9 Å². The van der Waals surface area contributed by atoms with Gasteiger partial charge in [0.1, 0.15) is 18.7 Å². The van der Waals surface area contributed by atoms with Crippen molar-refractivity contribution in [2.24, 2.45) is 7.05 Å². The number of nitrogens with zero attached hydrogens (tertiary/aromatic N) is 6. The number of aryl methyl sites for hydroxylation is 2. The van der Waals surface area contributed by atoms with E-state index < -0.39 is 0 Å². The number of anilines is 1. The van der Waals surface area contributed by atoms with Gasteiger partial charge in [-0.2, -0.15) is 5.10 Å². The lowest BCUT2D eigenvalue weighted by molar-refractivity contribution is 0.0897. The smallest absolute Gasteiger partial charge is 0.187 e. The molecule has 0 N–H and O–H groups in total. The minimum atomic E-state index is -0.367. The molecule has 1 aliphatic heterocycles. The molecule has 0 aliphatic carbocycles. The predicted octanol–water partition coefficient (Wildman–Crippen LogP) is 0.884. The summed E-state index contributed by atoms with van der Waals surface area (Å²) in [6, 6.07) is -0.208. The highest BCUT2D eigenvalue weighted by Gasteiger charge is 2.31. The Morgan fingerprint density at radius 1 is 1.33 bits per heavy atom. The molecule has 0 radical (unpaired) electrons. The van der Waals surface area contributed by atoms with Crippen LogP contribution in [0.15, 0.2) is 12.7 Å². The molecule has 21 heavy (non-hydrogen) atoms. The molecule has 1 fully saturated rings. The standard InChI is InChI=1S/C13H17FN6O/c1-3-9-11(14)13(16-7-15-9)20-4-5-21-6-10(20)12-17-8-18-19(12)2/h7-8,10H,3-6H2,1-2H3/t10-/m0/s1. The number of hydrogen-bond acceptors (Lipinski definition) is 6. The van der Waals surface area contributed by atoms with E-state index in [1.807, 2.05) is 18.9 Å². The molecule has 0 spiro atoms. The minimum absolute atomic E-state index is 0.208. The Kier molecular flexibility index (Phi) is 3.78. The van der Waals surface area contributed by atoms with Gasteiger partial charge in [-0.25, -0.2) is 19.3 Å². The third kappa shape index (κ3) is 2.46. The van der Waals surface area contributed by atoms with Crippen molar-refractivity contribution in [2.75, 3.05) is 24.7 Å². The van der Waals surface area contributed by atoms with Crippen molar-refractivity contribution in [2.45, 2.75) is 19.4 Å². The molecule has 0 saturated carbocycles. The Bertz CT molecular complexity index is 631. The van der Waals surface area contributed by atoms with E-state index in [4.69, 9.17) is 4.74 Å². The Morgan fingerprint density at radius 3 is 2.90 bits per heavy atom. The van der Waals surface area contributed by atoms with Crippen LogP contribution < -0.4 is 4.90 Å². The molecular formula is C13H17FN6O. The molecule has 1 saturated heterocycles. The van der Waals surface area contributed by atoms with Crippen molar-refractivity contribution in [1.82, 2.24) is 24.7 Å². The summed E-state index contributed by atoms with van der Waals surface area (Å²) in [6.45, 7) is 3.37. The highest BCUT2D eigenvalue weighted by Crippen LogP contribution is 2.29. The first-order valence-electron chi connectivity index (χ1n) is 6.90. The van der Waals surface area contributed by atoms with Crippen LogP contribution in [0.25, 0.3) is 0 Å². The molecular weight excluding hydrogens is 275 g/mol. The number of halogens is 1. The Labute approximate surface area is 121 Å². The second-order valence-corrected chi connectivity index (χ2v) is 4.84. The summed E-state index contributed by atoms with van der Waals surface area (Å²) in [6.07, 6.45) is 3.41. The molecule has 8 heteroatoms. The topological polar surface area (TPSA) is 69.0 Å². The summed E-state index contributed by atoms with van der Waals surface area (Å²) < 4.78 is 21.7. The van der Waals surface area contributed by atoms with Gasteiger partial charge < -0.3 is 9.64 Å². The lowest BCUT2D eigenvalue weighted by atomic mass is 10.2. The Balaban J connectivity index is 2.01. The molecule has 2 aromatic rings. The normalized spacial score (nSPS) is 19.0. The van der Waals surface area contributed by atoms with Gasteiger partial charge in [0.2, 0.25) is 0 Å². The van der Waals surface area contributed by atoms with Crippen LogP contribution in [0.1, 0.15) is 24.5 Å². The monoisotopic (exact) mass is 292 g/mol. The van der Waals surface area contributed by atoms with Gasteiger partial charge in [-0.15, -0.1) is 0 Å². The number of morpholine rings is 1. The van der Waals surface area contributed by atoms with E-state index in [0.29, 0.717) is 37.7 Å². The van der Waals surface area contributed by atoms with Crippen molar-refractivity contribution < 1.29 is 9.13 Å². The number of ether oxygens (including phenoxy) is 1. The van der Waals surface area contributed by atoms with Crippen molar-refractivity contribution >= 4 is 5.82 Å². The lowest BCUT2D eigenvalue weighted by Gasteiger charge is -2.35. The molecule has 7 nitrogen and oxygen atoms in total. The molecule has 0 unspecified atom stereocenters. The SMILES string of the molecule is CCc1ncnc(N2CCOC[C@H]2c2ncnn2C)c1F. The maximum Gasteiger partial charge on any atom is 0.187 e. The molecule has 2 aromatic heterocycles. The highest BCUT2D eigenvalue weighted by atomic mass is 19.1. The number of rotatable bonds is 3. The zero-order valence-electron chi connectivity index (χ0n) is 12.0. The third-order valence-electron chi connectivity index (χ3n) is 3.62. The molecule has 0 amide bonds. The zero-order valence-corrected chi connectivity index (χ0v) is 12.0. The van der Waals surface area contributed by atoms with Gasteiger partial charge in [-0.3, -0.25) is 4.68 Å².